The fourth-order valence-electron chi connectivity index (χ4n) is 1.93. The quantitative estimate of drug-likeness (QED) is 0.784. The van der Waals surface area contributed by atoms with Crippen LogP contribution in [0.15, 0.2) is 15.9 Å². The Kier molecular flexibility index (Phi) is 6.62. The largest absolute Gasteiger partial charge is 0.314 e. The van der Waals surface area contributed by atoms with Gasteiger partial charge >= 0.3 is 0 Å². The van der Waals surface area contributed by atoms with E-state index in [0.717, 1.165) is 12.5 Å². The average Bonchev–Trinajstić information content (AvgIpc) is 2.68. The van der Waals surface area contributed by atoms with E-state index in [2.05, 4.69) is 54.2 Å². The summed E-state index contributed by atoms with van der Waals surface area (Å²) in [4.78, 5) is 1.49. The van der Waals surface area contributed by atoms with Crippen LogP contribution >= 0.6 is 27.3 Å². The summed E-state index contributed by atoms with van der Waals surface area (Å²) in [5.74, 6) is 0.747. The van der Waals surface area contributed by atoms with Crippen molar-refractivity contribution in [1.82, 2.24) is 5.32 Å². The first kappa shape index (κ1) is 14.2. The normalized spacial score (nSPS) is 15.0. The van der Waals surface area contributed by atoms with Gasteiger partial charge in [0.2, 0.25) is 0 Å². The van der Waals surface area contributed by atoms with Crippen LogP contribution in [0.3, 0.4) is 0 Å². The van der Waals surface area contributed by atoms with Crippen molar-refractivity contribution in [1.29, 1.82) is 0 Å². The van der Waals surface area contributed by atoms with Gasteiger partial charge in [0.1, 0.15) is 0 Å². The molecule has 2 unspecified atom stereocenters. The Morgan fingerprint density at radius 2 is 2.12 bits per heavy atom. The molecule has 0 aliphatic carbocycles. The fraction of sp³-hybridized carbons (Fsp3) is 0.692. The molecule has 0 amide bonds. The van der Waals surface area contributed by atoms with Gasteiger partial charge in [-0.2, -0.15) is 0 Å². The van der Waals surface area contributed by atoms with Crippen molar-refractivity contribution in [2.75, 3.05) is 6.54 Å². The summed E-state index contributed by atoms with van der Waals surface area (Å²) in [6.45, 7) is 7.95. The molecule has 1 aromatic rings. The van der Waals surface area contributed by atoms with Gasteiger partial charge in [-0.05, 0) is 60.3 Å². The minimum Gasteiger partial charge on any atom is -0.314 e. The molecular weight excluding hydrogens is 282 g/mol. The smallest absolute Gasteiger partial charge is 0.0701 e. The lowest BCUT2D eigenvalue weighted by Gasteiger charge is -2.23. The maximum Gasteiger partial charge on any atom is 0.0701 e. The Hall–Kier alpha value is 0.140. The molecule has 1 N–H and O–H groups in total. The summed E-state index contributed by atoms with van der Waals surface area (Å²) in [5.41, 5.74) is 0. The van der Waals surface area contributed by atoms with Crippen LogP contribution < -0.4 is 5.32 Å². The van der Waals surface area contributed by atoms with E-state index in [1.807, 2.05) is 11.3 Å². The van der Waals surface area contributed by atoms with Gasteiger partial charge in [-0.3, -0.25) is 0 Å². The molecule has 2 atom stereocenters. The SMILES string of the molecule is CCCNC(C)C(CC)Cc1ccc(Br)s1. The lowest BCUT2D eigenvalue weighted by Crippen LogP contribution is -2.34. The first-order valence-corrected chi connectivity index (χ1v) is 7.75. The van der Waals surface area contributed by atoms with E-state index in [9.17, 15) is 0 Å². The summed E-state index contributed by atoms with van der Waals surface area (Å²) in [5, 5.41) is 3.60. The van der Waals surface area contributed by atoms with Crippen LogP contribution in [0.5, 0.6) is 0 Å². The van der Waals surface area contributed by atoms with Gasteiger partial charge in [-0.1, -0.05) is 20.3 Å². The standard InChI is InChI=1S/C13H22BrNS/c1-4-8-15-10(3)11(5-2)9-12-6-7-13(14)16-12/h6-7,10-11,15H,4-5,8-9H2,1-3H3. The molecule has 1 rings (SSSR count). The molecule has 0 spiro atoms. The van der Waals surface area contributed by atoms with Gasteiger partial charge in [-0.15, -0.1) is 11.3 Å². The molecule has 1 heterocycles. The number of halogens is 1. The van der Waals surface area contributed by atoms with Crippen molar-refractivity contribution in [2.45, 2.75) is 46.1 Å². The number of rotatable bonds is 7. The van der Waals surface area contributed by atoms with Crippen molar-refractivity contribution < 1.29 is 0 Å². The molecule has 0 aromatic carbocycles. The summed E-state index contributed by atoms with van der Waals surface area (Å²) < 4.78 is 1.24. The summed E-state index contributed by atoms with van der Waals surface area (Å²) in [7, 11) is 0. The molecule has 1 aromatic heterocycles. The zero-order chi connectivity index (χ0) is 12.0. The second kappa shape index (κ2) is 7.46. The molecule has 0 saturated heterocycles. The maximum atomic E-state index is 3.60. The van der Waals surface area contributed by atoms with E-state index in [1.54, 1.807) is 0 Å². The molecule has 92 valence electrons. The predicted molar refractivity (Wildman–Crippen MR) is 77.3 cm³/mol. The molecule has 1 nitrogen and oxygen atoms in total. The van der Waals surface area contributed by atoms with Crippen LogP contribution in [0, 0.1) is 5.92 Å². The van der Waals surface area contributed by atoms with Crippen LogP contribution in [0.1, 0.15) is 38.5 Å². The van der Waals surface area contributed by atoms with Gasteiger partial charge in [0, 0.05) is 10.9 Å². The van der Waals surface area contributed by atoms with E-state index < -0.39 is 0 Å². The van der Waals surface area contributed by atoms with Crippen molar-refractivity contribution in [3.8, 4) is 0 Å². The van der Waals surface area contributed by atoms with Crippen molar-refractivity contribution in [3.05, 3.63) is 20.8 Å². The molecule has 0 saturated carbocycles. The lowest BCUT2D eigenvalue weighted by molar-refractivity contribution is 0.364. The second-order valence-electron chi connectivity index (χ2n) is 4.32. The average molecular weight is 304 g/mol. The second-order valence-corrected chi connectivity index (χ2v) is 6.87. The number of hydrogen-bond donors (Lipinski definition) is 1. The third-order valence-corrected chi connectivity index (χ3v) is 4.69. The van der Waals surface area contributed by atoms with E-state index in [4.69, 9.17) is 0 Å². The van der Waals surface area contributed by atoms with Gasteiger partial charge in [0.15, 0.2) is 0 Å². The fourth-order valence-corrected chi connectivity index (χ4v) is 3.51. The molecule has 0 bridgehead atoms. The highest BCUT2D eigenvalue weighted by atomic mass is 79.9. The summed E-state index contributed by atoms with van der Waals surface area (Å²) in [6.07, 6.45) is 3.66. The van der Waals surface area contributed by atoms with Gasteiger partial charge < -0.3 is 5.32 Å². The highest BCUT2D eigenvalue weighted by Gasteiger charge is 2.15. The highest BCUT2D eigenvalue weighted by molar-refractivity contribution is 9.11. The molecular formula is C13H22BrNS. The summed E-state index contributed by atoms with van der Waals surface area (Å²) >= 11 is 5.39. The molecule has 0 aliphatic rings. The maximum absolute atomic E-state index is 3.60. The zero-order valence-electron chi connectivity index (χ0n) is 10.4. The van der Waals surface area contributed by atoms with E-state index in [-0.39, 0.29) is 0 Å². The van der Waals surface area contributed by atoms with E-state index in [1.165, 1.54) is 27.9 Å². The molecule has 3 heteroatoms. The van der Waals surface area contributed by atoms with Gasteiger partial charge in [0.05, 0.1) is 3.79 Å². The first-order valence-electron chi connectivity index (χ1n) is 6.15. The van der Waals surface area contributed by atoms with E-state index in [0.29, 0.717) is 6.04 Å². The summed E-state index contributed by atoms with van der Waals surface area (Å²) in [6, 6.07) is 5.01. The van der Waals surface area contributed by atoms with Crippen LogP contribution in [-0.2, 0) is 6.42 Å². The monoisotopic (exact) mass is 303 g/mol. The Morgan fingerprint density at radius 1 is 1.38 bits per heavy atom. The van der Waals surface area contributed by atoms with Crippen LogP contribution in [0.25, 0.3) is 0 Å². The van der Waals surface area contributed by atoms with Crippen molar-refractivity contribution >= 4 is 27.3 Å². The third-order valence-electron chi connectivity index (χ3n) is 3.04. The minimum atomic E-state index is 0.617. The van der Waals surface area contributed by atoms with Crippen LogP contribution in [0.2, 0.25) is 0 Å². The Labute approximate surface area is 112 Å². The predicted octanol–water partition coefficient (Wildman–Crippen LogP) is 4.47. The van der Waals surface area contributed by atoms with Crippen LogP contribution in [0.4, 0.5) is 0 Å². The number of nitrogens with one attached hydrogen (secondary N) is 1. The number of hydrogen-bond acceptors (Lipinski definition) is 2. The minimum absolute atomic E-state index is 0.617. The zero-order valence-corrected chi connectivity index (χ0v) is 12.8. The Balaban J connectivity index is 2.47. The third kappa shape index (κ3) is 4.56. The first-order chi connectivity index (χ1) is 7.67. The molecule has 0 aliphatic heterocycles. The van der Waals surface area contributed by atoms with E-state index >= 15 is 0 Å². The topological polar surface area (TPSA) is 12.0 Å². The highest BCUT2D eigenvalue weighted by Crippen LogP contribution is 2.26. The Bertz CT molecular complexity index is 298. The Morgan fingerprint density at radius 3 is 2.62 bits per heavy atom. The van der Waals surface area contributed by atoms with Gasteiger partial charge in [-0.25, -0.2) is 0 Å². The van der Waals surface area contributed by atoms with Crippen LogP contribution in [-0.4, -0.2) is 12.6 Å². The van der Waals surface area contributed by atoms with Crippen molar-refractivity contribution in [2.24, 2.45) is 5.92 Å². The lowest BCUT2D eigenvalue weighted by atomic mass is 9.94. The van der Waals surface area contributed by atoms with Crippen molar-refractivity contribution in [3.63, 3.8) is 0 Å². The molecule has 0 fully saturated rings. The molecule has 0 radical (unpaired) electrons. The molecule has 16 heavy (non-hydrogen) atoms. The number of thiophene rings is 1. The van der Waals surface area contributed by atoms with Gasteiger partial charge in [0.25, 0.3) is 0 Å².